The largest absolute Gasteiger partial charge is 0.507 e. The van der Waals surface area contributed by atoms with Crippen LogP contribution in [0.1, 0.15) is 165 Å². The van der Waals surface area contributed by atoms with Crippen LogP contribution in [0.25, 0.3) is 12.2 Å². The van der Waals surface area contributed by atoms with Crippen molar-refractivity contribution in [2.45, 2.75) is 153 Å². The molecule has 0 radical (unpaired) electrons. The predicted molar refractivity (Wildman–Crippen MR) is 360 cm³/mol. The smallest absolute Gasteiger partial charge is 0.295 e. The van der Waals surface area contributed by atoms with Gasteiger partial charge in [-0.15, -0.1) is 0 Å². The van der Waals surface area contributed by atoms with Gasteiger partial charge in [0.2, 0.25) is 35.7 Å². The highest BCUT2D eigenvalue weighted by Crippen LogP contribution is 2.42. The zero-order valence-corrected chi connectivity index (χ0v) is 55.2. The van der Waals surface area contributed by atoms with Gasteiger partial charge in [0.05, 0.1) is 12.1 Å². The first-order chi connectivity index (χ1) is 42.0. The lowest BCUT2D eigenvalue weighted by Crippen LogP contribution is -2.19. The molecule has 0 saturated heterocycles. The Balaban J connectivity index is 1.05. The molecule has 2 aromatic heterocycles. The summed E-state index contributed by atoms with van der Waals surface area (Å²) in [5.41, 5.74) is 6.38. The molecule has 90 heavy (non-hydrogen) atoms. The zero-order chi connectivity index (χ0) is 65.7. The van der Waals surface area contributed by atoms with Crippen molar-refractivity contribution in [2.75, 3.05) is 45.0 Å². The van der Waals surface area contributed by atoms with Crippen molar-refractivity contribution < 1.29 is 36.2 Å². The molecule has 2 unspecified atom stereocenters. The monoisotopic (exact) mass is 1260 g/mol. The number of anilines is 8. The topological polar surface area (TPSA) is 299 Å². The fraction of sp³-hybridized carbons (Fsp3) is 0.353. The summed E-state index contributed by atoms with van der Waals surface area (Å²) in [7, 11) is -9.86. The Morgan fingerprint density at radius 1 is 0.422 bits per heavy atom. The number of nitrogens with zero attached hydrogens (tertiary/aromatic N) is 6. The molecule has 2 heterocycles. The van der Waals surface area contributed by atoms with Crippen molar-refractivity contribution >= 4 is 79.5 Å². The van der Waals surface area contributed by atoms with Gasteiger partial charge in [0.1, 0.15) is 21.3 Å². The van der Waals surface area contributed by atoms with Gasteiger partial charge in [-0.25, -0.2) is 0 Å². The summed E-state index contributed by atoms with van der Waals surface area (Å²) < 4.78 is 73.8. The van der Waals surface area contributed by atoms with Crippen LogP contribution in [0.4, 0.5) is 47.1 Å². The van der Waals surface area contributed by atoms with Gasteiger partial charge in [-0.3, -0.25) is 9.11 Å². The summed E-state index contributed by atoms with van der Waals surface area (Å²) in [6, 6.07) is 35.3. The molecule has 476 valence electrons. The van der Waals surface area contributed by atoms with Crippen LogP contribution in [0.2, 0.25) is 0 Å². The van der Waals surface area contributed by atoms with Crippen LogP contribution in [0.5, 0.6) is 11.5 Å². The first-order valence-corrected chi connectivity index (χ1v) is 32.7. The third-order valence-electron chi connectivity index (χ3n) is 15.1. The normalized spacial score (nSPS) is 13.2. The van der Waals surface area contributed by atoms with Crippen molar-refractivity contribution in [3.63, 3.8) is 0 Å². The van der Waals surface area contributed by atoms with Gasteiger partial charge in [0, 0.05) is 24.5 Å². The Bertz CT molecular complexity index is 3810. The fourth-order valence-electron chi connectivity index (χ4n) is 10.2. The summed E-state index contributed by atoms with van der Waals surface area (Å²) in [5.74, 6) is 1.49. The van der Waals surface area contributed by atoms with E-state index in [9.17, 15) is 36.2 Å². The minimum Gasteiger partial charge on any atom is -0.507 e. The minimum atomic E-state index is -4.93. The molecular weight excluding hydrogens is 1180 g/mol. The van der Waals surface area contributed by atoms with Crippen molar-refractivity contribution in [1.82, 2.24) is 29.9 Å². The van der Waals surface area contributed by atoms with E-state index in [1.54, 1.807) is 0 Å². The van der Waals surface area contributed by atoms with Crippen molar-refractivity contribution in [3.8, 4) is 11.5 Å². The maximum atomic E-state index is 13.1. The van der Waals surface area contributed by atoms with Crippen LogP contribution in [-0.4, -0.2) is 79.1 Å². The molecule has 0 spiro atoms. The predicted octanol–water partition coefficient (Wildman–Crippen LogP) is 14.5. The number of phenolic OH excluding ortho intramolecular Hbond substituents is 2. The molecule has 20 nitrogen and oxygen atoms in total. The number of aromatic nitrogens is 6. The third-order valence-corrected chi connectivity index (χ3v) is 16.9. The summed E-state index contributed by atoms with van der Waals surface area (Å²) >= 11 is 0. The maximum Gasteiger partial charge on any atom is 0.295 e. The molecule has 10 N–H and O–H groups in total. The van der Waals surface area contributed by atoms with E-state index >= 15 is 0 Å². The first-order valence-electron chi connectivity index (χ1n) is 29.8. The van der Waals surface area contributed by atoms with Gasteiger partial charge in [-0.2, -0.15) is 46.7 Å². The SMILES string of the molecule is CC(Nc1nc(NCCc2cc(C(C)(C)C)c(O)c(C(C)(C)C)c2)nc(Nc2ccc(/C=C/c3ccc(Nc4nc(NCCc5cc(C(C)(C)C)c(O)c(C(C)(C)C)c5)nc(NC(C)c5ccccc5)n4)cc3S(=O)(=O)O)c(S(=O)(=O)O)c2)n1)c1ccccc1. The number of nitrogens with one attached hydrogen (secondary N) is 6. The van der Waals surface area contributed by atoms with E-state index in [-0.39, 0.29) is 91.9 Å². The number of hydrogen-bond donors (Lipinski definition) is 10. The zero-order valence-electron chi connectivity index (χ0n) is 53.6. The number of benzene rings is 6. The molecule has 0 aliphatic rings. The molecular formula is C68H84N12O8S2. The molecule has 0 aliphatic heterocycles. The summed E-state index contributed by atoms with van der Waals surface area (Å²) in [6.07, 6.45) is 3.71. The van der Waals surface area contributed by atoms with E-state index in [0.29, 0.717) is 37.4 Å². The molecule has 0 aliphatic carbocycles. The van der Waals surface area contributed by atoms with Gasteiger partial charge in [-0.05, 0) is 128 Å². The van der Waals surface area contributed by atoms with Crippen LogP contribution in [0.15, 0.2) is 131 Å². The summed E-state index contributed by atoms with van der Waals surface area (Å²) in [4.78, 5) is 26.8. The standard InChI is InChI=1S/C68H84N12O8S2/c1-41(45-21-17-15-18-22-45)71-61-75-59(69-33-31-43-35-51(65(3,4)5)57(81)52(36-43)66(6,7)8)77-63(79-61)73-49-29-27-47(55(39-49)89(83,84)85)25-26-48-28-30-50(40-56(48)90(86,87)88)74-64-78-60(76-62(80-64)72-42(2)46-23-19-16-20-24-46)70-34-32-44-37-53(67(9,10)11)58(82)54(38-44)68(12,13)14/h15-30,35-42,81-82H,31-34H2,1-14H3,(H,83,84,85)(H,86,87,88)(H3,69,71,73,75,77,79)(H3,70,72,74,76,78,80)/b26-25+. The van der Waals surface area contributed by atoms with Gasteiger partial charge in [0.15, 0.2) is 0 Å². The van der Waals surface area contributed by atoms with Crippen molar-refractivity contribution in [3.05, 3.63) is 177 Å². The van der Waals surface area contributed by atoms with Crippen LogP contribution in [-0.2, 0) is 54.7 Å². The van der Waals surface area contributed by atoms with Gasteiger partial charge >= 0.3 is 0 Å². The number of rotatable bonds is 22. The molecule has 22 heteroatoms. The average Bonchev–Trinajstić information content (AvgIpc) is 1.08. The molecule has 8 aromatic rings. The highest BCUT2D eigenvalue weighted by molar-refractivity contribution is 7.86. The summed E-state index contributed by atoms with van der Waals surface area (Å²) in [6.45, 7) is 29.5. The van der Waals surface area contributed by atoms with E-state index in [0.717, 1.165) is 44.5 Å². The average molecular weight is 1260 g/mol. The van der Waals surface area contributed by atoms with Crippen LogP contribution in [0.3, 0.4) is 0 Å². The highest BCUT2D eigenvalue weighted by Gasteiger charge is 2.29. The fourth-order valence-corrected chi connectivity index (χ4v) is 11.6. The Kier molecular flexibility index (Phi) is 20.0. The second kappa shape index (κ2) is 26.8. The lowest BCUT2D eigenvalue weighted by Gasteiger charge is -2.28. The van der Waals surface area contributed by atoms with E-state index < -0.39 is 30.0 Å². The molecule has 2 atom stereocenters. The lowest BCUT2D eigenvalue weighted by molar-refractivity contribution is 0.422. The Hall–Kier alpha value is -8.70. The van der Waals surface area contributed by atoms with Crippen molar-refractivity contribution in [1.29, 1.82) is 0 Å². The Morgan fingerprint density at radius 3 is 1.02 bits per heavy atom. The second-order valence-corrected chi connectivity index (χ2v) is 29.4. The van der Waals surface area contributed by atoms with E-state index in [1.165, 1.54) is 48.6 Å². The van der Waals surface area contributed by atoms with Gasteiger partial charge < -0.3 is 42.1 Å². The second-order valence-electron chi connectivity index (χ2n) is 26.6. The lowest BCUT2D eigenvalue weighted by atomic mass is 9.78. The highest BCUT2D eigenvalue weighted by atomic mass is 32.2. The number of aromatic hydroxyl groups is 2. The van der Waals surface area contributed by atoms with Crippen LogP contribution in [0, 0.1) is 0 Å². The quantitative estimate of drug-likeness (QED) is 0.0223. The van der Waals surface area contributed by atoms with Crippen LogP contribution >= 0.6 is 0 Å². The molecule has 0 saturated carbocycles. The Labute approximate surface area is 529 Å². The maximum absolute atomic E-state index is 13.1. The van der Waals surface area contributed by atoms with Gasteiger partial charge in [0.25, 0.3) is 20.2 Å². The van der Waals surface area contributed by atoms with Crippen LogP contribution < -0.4 is 31.9 Å². The van der Waals surface area contributed by atoms with Gasteiger partial charge in [-0.1, -0.05) is 192 Å². The summed E-state index contributed by atoms with van der Waals surface area (Å²) in [5, 5.41) is 42.1. The molecule has 0 bridgehead atoms. The molecule has 6 aromatic carbocycles. The number of hydrogen-bond acceptors (Lipinski definition) is 18. The van der Waals surface area contributed by atoms with E-state index in [2.05, 4.69) is 145 Å². The van der Waals surface area contributed by atoms with E-state index in [1.807, 2.05) is 98.8 Å². The minimum absolute atomic E-state index is 0.0216. The first kappa shape index (κ1) is 67.2. The molecule has 0 amide bonds. The number of phenols is 2. The molecule has 0 fully saturated rings. The van der Waals surface area contributed by atoms with E-state index in [4.69, 9.17) is 0 Å². The molecule has 8 rings (SSSR count). The third kappa shape index (κ3) is 17.6. The van der Waals surface area contributed by atoms with Crippen molar-refractivity contribution in [2.24, 2.45) is 0 Å². The Morgan fingerprint density at radius 2 is 0.722 bits per heavy atom.